The van der Waals surface area contributed by atoms with E-state index in [9.17, 15) is 17.6 Å². The summed E-state index contributed by atoms with van der Waals surface area (Å²) >= 11 is 6.79. The van der Waals surface area contributed by atoms with Crippen molar-refractivity contribution in [2.75, 3.05) is 11.9 Å². The van der Waals surface area contributed by atoms with E-state index in [-0.39, 0.29) is 10.8 Å². The molecule has 1 fully saturated rings. The van der Waals surface area contributed by atoms with E-state index in [1.807, 2.05) is 0 Å². The van der Waals surface area contributed by atoms with Crippen LogP contribution in [0.2, 0.25) is 4.34 Å². The third-order valence-electron chi connectivity index (χ3n) is 4.06. The molecule has 134 valence electrons. The number of hydrogen-bond donors (Lipinski definition) is 1. The third-order valence-corrected chi connectivity index (χ3v) is 7.66. The van der Waals surface area contributed by atoms with Crippen molar-refractivity contribution in [2.45, 2.75) is 30.0 Å². The van der Waals surface area contributed by atoms with E-state index in [1.165, 1.54) is 22.5 Å². The smallest absolute Gasteiger partial charge is 0.253 e. The van der Waals surface area contributed by atoms with Gasteiger partial charge in [-0.2, -0.15) is 4.31 Å². The molecule has 0 saturated carbocycles. The minimum Gasteiger partial charge on any atom is -0.325 e. The van der Waals surface area contributed by atoms with Crippen molar-refractivity contribution >= 4 is 44.6 Å². The van der Waals surface area contributed by atoms with E-state index in [0.717, 1.165) is 11.3 Å². The Morgan fingerprint density at radius 3 is 2.76 bits per heavy atom. The van der Waals surface area contributed by atoms with Crippen LogP contribution >= 0.6 is 22.9 Å². The van der Waals surface area contributed by atoms with Gasteiger partial charge in [0.1, 0.15) is 16.1 Å². The number of hydrogen-bond acceptors (Lipinski definition) is 4. The van der Waals surface area contributed by atoms with Gasteiger partial charge in [0.05, 0.1) is 4.34 Å². The molecule has 0 radical (unpaired) electrons. The quantitative estimate of drug-likeness (QED) is 0.848. The van der Waals surface area contributed by atoms with Gasteiger partial charge >= 0.3 is 0 Å². The molecule has 9 heteroatoms. The van der Waals surface area contributed by atoms with Gasteiger partial charge in [0.2, 0.25) is 5.91 Å². The highest BCUT2D eigenvalue weighted by atomic mass is 35.5. The maximum atomic E-state index is 13.6. The fraction of sp³-hybridized carbons (Fsp3) is 0.312. The first-order chi connectivity index (χ1) is 11.8. The second-order valence-corrected chi connectivity index (χ2v) is 9.62. The molecule has 1 aliphatic heterocycles. The number of thiophene rings is 1. The Bertz CT molecular complexity index is 914. The molecule has 2 heterocycles. The molecule has 0 unspecified atom stereocenters. The summed E-state index contributed by atoms with van der Waals surface area (Å²) in [4.78, 5) is 12.5. The van der Waals surface area contributed by atoms with Crippen molar-refractivity contribution in [3.8, 4) is 0 Å². The Morgan fingerprint density at radius 2 is 2.12 bits per heavy atom. The molecule has 25 heavy (non-hydrogen) atoms. The van der Waals surface area contributed by atoms with Crippen molar-refractivity contribution in [3.05, 3.63) is 46.0 Å². The molecule has 1 amide bonds. The van der Waals surface area contributed by atoms with Crippen molar-refractivity contribution in [2.24, 2.45) is 0 Å². The molecule has 3 rings (SSSR count). The maximum Gasteiger partial charge on any atom is 0.253 e. The predicted octanol–water partition coefficient (Wildman–Crippen LogP) is 3.64. The van der Waals surface area contributed by atoms with Gasteiger partial charge in [0.15, 0.2) is 0 Å². The van der Waals surface area contributed by atoms with Crippen molar-refractivity contribution < 1.29 is 17.6 Å². The van der Waals surface area contributed by atoms with Crippen LogP contribution in [0.1, 0.15) is 18.4 Å². The topological polar surface area (TPSA) is 66.5 Å². The molecule has 0 bridgehead atoms. The standard InChI is InChI=1S/C16H16ClFN2O3S2/c1-10-4-5-11(9-12(10)18)19-16(21)13-3-2-8-20(13)25(22,23)15-7-6-14(17)24-15/h4-7,9,13H,2-3,8H2,1H3,(H,19,21)/t13-/m1/s1. The fourth-order valence-corrected chi connectivity index (χ4v) is 6.01. The number of nitrogens with one attached hydrogen (secondary N) is 1. The lowest BCUT2D eigenvalue weighted by Gasteiger charge is -2.22. The van der Waals surface area contributed by atoms with Crippen LogP contribution < -0.4 is 5.32 Å². The van der Waals surface area contributed by atoms with Gasteiger partial charge in [-0.3, -0.25) is 4.79 Å². The zero-order valence-corrected chi connectivity index (χ0v) is 15.7. The number of carbonyl (C=O) groups excluding carboxylic acids is 1. The van der Waals surface area contributed by atoms with Crippen molar-refractivity contribution in [3.63, 3.8) is 0 Å². The van der Waals surface area contributed by atoms with E-state index in [2.05, 4.69) is 5.32 Å². The molecule has 1 aromatic heterocycles. The highest BCUT2D eigenvalue weighted by Crippen LogP contribution is 2.32. The average Bonchev–Trinajstić information content (AvgIpc) is 3.20. The van der Waals surface area contributed by atoms with E-state index >= 15 is 0 Å². The predicted molar refractivity (Wildman–Crippen MR) is 96.0 cm³/mol. The molecule has 1 aromatic carbocycles. The molecule has 0 aliphatic carbocycles. The summed E-state index contributed by atoms with van der Waals surface area (Å²) in [6.45, 7) is 1.89. The SMILES string of the molecule is Cc1ccc(NC(=O)[C@H]2CCCN2S(=O)(=O)c2ccc(Cl)s2)cc1F. The number of rotatable bonds is 4. The fourth-order valence-electron chi connectivity index (χ4n) is 2.74. The molecule has 1 atom stereocenters. The van der Waals surface area contributed by atoms with Crippen LogP contribution in [-0.2, 0) is 14.8 Å². The monoisotopic (exact) mass is 402 g/mol. The maximum absolute atomic E-state index is 13.6. The number of amides is 1. The minimum absolute atomic E-state index is 0.110. The van der Waals surface area contributed by atoms with Crippen LogP contribution in [-0.4, -0.2) is 31.2 Å². The lowest BCUT2D eigenvalue weighted by molar-refractivity contribution is -0.119. The molecule has 1 N–H and O–H groups in total. The first-order valence-electron chi connectivity index (χ1n) is 7.63. The number of carbonyl (C=O) groups is 1. The number of aryl methyl sites for hydroxylation is 1. The van der Waals surface area contributed by atoms with Crippen LogP contribution in [0.5, 0.6) is 0 Å². The average molecular weight is 403 g/mol. The summed E-state index contributed by atoms with van der Waals surface area (Å²) in [7, 11) is -3.79. The largest absolute Gasteiger partial charge is 0.325 e. The van der Waals surface area contributed by atoms with Crippen LogP contribution in [0.25, 0.3) is 0 Å². The molecule has 0 spiro atoms. The lowest BCUT2D eigenvalue weighted by Crippen LogP contribution is -2.42. The number of anilines is 1. The van der Waals surface area contributed by atoms with E-state index in [1.54, 1.807) is 19.1 Å². The van der Waals surface area contributed by atoms with Gasteiger partial charge in [-0.15, -0.1) is 11.3 Å². The van der Waals surface area contributed by atoms with Crippen LogP contribution in [0, 0.1) is 12.7 Å². The first-order valence-corrected chi connectivity index (χ1v) is 10.3. The van der Waals surface area contributed by atoms with Gasteiger partial charge in [0.25, 0.3) is 10.0 Å². The normalized spacial score (nSPS) is 18.4. The zero-order chi connectivity index (χ0) is 18.2. The van der Waals surface area contributed by atoms with E-state index < -0.39 is 27.8 Å². The third kappa shape index (κ3) is 3.72. The van der Waals surface area contributed by atoms with Gasteiger partial charge < -0.3 is 5.32 Å². The summed E-state index contributed by atoms with van der Waals surface area (Å²) in [6, 6.07) is 6.49. The number of sulfonamides is 1. The minimum atomic E-state index is -3.79. The van der Waals surface area contributed by atoms with Crippen molar-refractivity contribution in [1.29, 1.82) is 0 Å². The van der Waals surface area contributed by atoms with E-state index in [4.69, 9.17) is 11.6 Å². The Hall–Kier alpha value is -1.48. The number of halogens is 2. The van der Waals surface area contributed by atoms with Crippen molar-refractivity contribution in [1.82, 2.24) is 4.31 Å². The summed E-state index contributed by atoms with van der Waals surface area (Å²) in [5.41, 5.74) is 0.772. The zero-order valence-electron chi connectivity index (χ0n) is 13.3. The Kier molecular flexibility index (Phi) is 5.15. The molecule has 1 saturated heterocycles. The van der Waals surface area contributed by atoms with Crippen LogP contribution in [0.4, 0.5) is 10.1 Å². The number of nitrogens with zero attached hydrogens (tertiary/aromatic N) is 1. The molecular weight excluding hydrogens is 387 g/mol. The van der Waals surface area contributed by atoms with Crippen LogP contribution in [0.15, 0.2) is 34.5 Å². The molecular formula is C16H16ClFN2O3S2. The highest BCUT2D eigenvalue weighted by molar-refractivity contribution is 7.91. The van der Waals surface area contributed by atoms with Gasteiger partial charge in [-0.1, -0.05) is 17.7 Å². The van der Waals surface area contributed by atoms with Crippen LogP contribution in [0.3, 0.4) is 0 Å². The Balaban J connectivity index is 1.81. The summed E-state index contributed by atoms with van der Waals surface area (Å²) in [6.07, 6.45) is 0.997. The summed E-state index contributed by atoms with van der Waals surface area (Å²) in [5.74, 6) is -0.895. The van der Waals surface area contributed by atoms with Gasteiger partial charge in [-0.05, 0) is 49.6 Å². The molecule has 2 aromatic rings. The van der Waals surface area contributed by atoms with Gasteiger partial charge in [0, 0.05) is 12.2 Å². The second kappa shape index (κ2) is 7.03. The van der Waals surface area contributed by atoms with Gasteiger partial charge in [-0.25, -0.2) is 12.8 Å². The molecule has 1 aliphatic rings. The summed E-state index contributed by atoms with van der Waals surface area (Å²) < 4.78 is 40.8. The Morgan fingerprint density at radius 1 is 1.36 bits per heavy atom. The summed E-state index contributed by atoms with van der Waals surface area (Å²) in [5, 5.41) is 2.60. The first kappa shape index (κ1) is 18.3. The highest BCUT2D eigenvalue weighted by Gasteiger charge is 2.40. The van der Waals surface area contributed by atoms with E-state index in [0.29, 0.717) is 28.4 Å². The lowest BCUT2D eigenvalue weighted by atomic mass is 10.2. The second-order valence-electron chi connectivity index (χ2n) is 5.79. The molecule has 5 nitrogen and oxygen atoms in total. The number of benzene rings is 1. The Labute approximate surface area is 154 Å².